The van der Waals surface area contributed by atoms with E-state index in [1.54, 1.807) is 13.8 Å². The zero-order valence-corrected chi connectivity index (χ0v) is 10.8. The predicted octanol–water partition coefficient (Wildman–Crippen LogP) is 2.92. The molecule has 0 aliphatic heterocycles. The number of halogens is 3. The van der Waals surface area contributed by atoms with E-state index in [0.717, 1.165) is 0 Å². The van der Waals surface area contributed by atoms with Crippen molar-refractivity contribution in [3.8, 4) is 0 Å². The molecule has 0 aromatic heterocycles. The number of hydrogen-bond acceptors (Lipinski definition) is 2. The minimum atomic E-state index is -0.582. The van der Waals surface area contributed by atoms with Crippen LogP contribution in [-0.2, 0) is 0 Å². The number of hydrogen-bond donors (Lipinski definition) is 2. The van der Waals surface area contributed by atoms with Crippen LogP contribution in [0.15, 0.2) is 18.2 Å². The van der Waals surface area contributed by atoms with Crippen molar-refractivity contribution in [2.45, 2.75) is 19.9 Å². The largest absolute Gasteiger partial charge is 0.396 e. The molecule has 2 nitrogen and oxygen atoms in total. The van der Waals surface area contributed by atoms with Crippen LogP contribution in [0.25, 0.3) is 0 Å². The topological polar surface area (TPSA) is 46.2 Å². The summed E-state index contributed by atoms with van der Waals surface area (Å²) in [5.74, 6) is -0.395. The molecule has 0 bridgehead atoms. The summed E-state index contributed by atoms with van der Waals surface area (Å²) < 4.78 is 13.5. The third kappa shape index (κ3) is 3.32. The van der Waals surface area contributed by atoms with Gasteiger partial charge in [-0.15, -0.1) is 12.4 Å². The van der Waals surface area contributed by atoms with Gasteiger partial charge in [0.25, 0.3) is 0 Å². The second-order valence-corrected chi connectivity index (χ2v) is 4.73. The van der Waals surface area contributed by atoms with Gasteiger partial charge in [0, 0.05) is 28.6 Å². The van der Waals surface area contributed by atoms with Gasteiger partial charge in [-0.3, -0.25) is 0 Å². The molecule has 1 rings (SSSR count). The Morgan fingerprint density at radius 2 is 2.06 bits per heavy atom. The van der Waals surface area contributed by atoms with Gasteiger partial charge in [0.15, 0.2) is 0 Å². The van der Waals surface area contributed by atoms with E-state index >= 15 is 0 Å². The van der Waals surface area contributed by atoms with Crippen molar-refractivity contribution in [1.29, 1.82) is 0 Å². The molecule has 16 heavy (non-hydrogen) atoms. The van der Waals surface area contributed by atoms with Crippen LogP contribution >= 0.6 is 24.0 Å². The van der Waals surface area contributed by atoms with Gasteiger partial charge in [-0.1, -0.05) is 25.4 Å². The summed E-state index contributed by atoms with van der Waals surface area (Å²) in [5.41, 5.74) is 5.65. The van der Waals surface area contributed by atoms with Gasteiger partial charge in [0.05, 0.1) is 0 Å². The van der Waals surface area contributed by atoms with Crippen molar-refractivity contribution < 1.29 is 9.50 Å². The van der Waals surface area contributed by atoms with Gasteiger partial charge in [-0.05, 0) is 18.2 Å². The van der Waals surface area contributed by atoms with E-state index in [1.165, 1.54) is 18.2 Å². The van der Waals surface area contributed by atoms with Crippen LogP contribution in [0.1, 0.15) is 25.5 Å². The molecular weight excluding hydrogens is 252 g/mol. The average Bonchev–Trinajstić information content (AvgIpc) is 2.20. The van der Waals surface area contributed by atoms with Gasteiger partial charge >= 0.3 is 0 Å². The summed E-state index contributed by atoms with van der Waals surface area (Å²) in [6.07, 6.45) is 0. The van der Waals surface area contributed by atoms with E-state index in [1.807, 2.05) is 0 Å². The summed E-state index contributed by atoms with van der Waals surface area (Å²) in [7, 11) is 0. The number of nitrogens with two attached hydrogens (primary N) is 1. The van der Waals surface area contributed by atoms with E-state index in [2.05, 4.69) is 0 Å². The van der Waals surface area contributed by atoms with Gasteiger partial charge in [-0.25, -0.2) is 4.39 Å². The molecule has 0 aliphatic carbocycles. The molecule has 1 aromatic rings. The highest BCUT2D eigenvalue weighted by molar-refractivity contribution is 6.30. The van der Waals surface area contributed by atoms with E-state index < -0.39 is 17.3 Å². The van der Waals surface area contributed by atoms with Crippen molar-refractivity contribution in [2.75, 3.05) is 6.61 Å². The van der Waals surface area contributed by atoms with Crippen LogP contribution in [0.4, 0.5) is 4.39 Å². The van der Waals surface area contributed by atoms with E-state index in [0.29, 0.717) is 10.6 Å². The Bertz CT molecular complexity index is 358. The normalized spacial score (nSPS) is 13.1. The molecule has 0 aliphatic rings. The fourth-order valence-corrected chi connectivity index (χ4v) is 1.45. The molecule has 0 spiro atoms. The molecule has 92 valence electrons. The first kappa shape index (κ1) is 15.7. The predicted molar refractivity (Wildman–Crippen MR) is 66.5 cm³/mol. The van der Waals surface area contributed by atoms with Crippen molar-refractivity contribution >= 4 is 24.0 Å². The molecule has 0 fully saturated rings. The Labute approximate surface area is 106 Å². The lowest BCUT2D eigenvalue weighted by molar-refractivity contribution is 0.131. The molecule has 0 amide bonds. The minimum Gasteiger partial charge on any atom is -0.396 e. The van der Waals surface area contributed by atoms with Crippen molar-refractivity contribution in [3.05, 3.63) is 34.6 Å². The second kappa shape index (κ2) is 5.82. The first-order valence-electron chi connectivity index (χ1n) is 4.70. The standard InChI is InChI=1S/C11H15ClFNO.ClH/c1-11(2,6-15)10(14)8-5-7(12)3-4-9(8)13;/h3-5,10,15H,6,14H2,1-2H3;1H/t10-;/m0./s1. The number of aliphatic hydroxyl groups is 1. The first-order chi connectivity index (χ1) is 6.88. The zero-order chi connectivity index (χ0) is 11.6. The maximum Gasteiger partial charge on any atom is 0.128 e. The molecular formula is C11H16Cl2FNO. The Hall–Kier alpha value is -0.350. The summed E-state index contributed by atoms with van der Waals surface area (Å²) >= 11 is 5.77. The molecule has 5 heteroatoms. The van der Waals surface area contributed by atoms with Crippen molar-refractivity contribution in [1.82, 2.24) is 0 Å². The highest BCUT2D eigenvalue weighted by Gasteiger charge is 2.29. The molecule has 0 radical (unpaired) electrons. The lowest BCUT2D eigenvalue weighted by Crippen LogP contribution is -2.33. The Balaban J connectivity index is 0.00000225. The smallest absolute Gasteiger partial charge is 0.128 e. The molecule has 1 aromatic carbocycles. The third-order valence-corrected chi connectivity index (χ3v) is 2.78. The Morgan fingerprint density at radius 3 is 2.56 bits per heavy atom. The summed E-state index contributed by atoms with van der Waals surface area (Å²) in [4.78, 5) is 0. The highest BCUT2D eigenvalue weighted by atomic mass is 35.5. The van der Waals surface area contributed by atoms with E-state index in [-0.39, 0.29) is 19.0 Å². The van der Waals surface area contributed by atoms with Gasteiger partial charge in [0.2, 0.25) is 0 Å². The maximum absolute atomic E-state index is 13.5. The van der Waals surface area contributed by atoms with Gasteiger partial charge in [-0.2, -0.15) is 0 Å². The molecule has 0 heterocycles. The fraction of sp³-hybridized carbons (Fsp3) is 0.455. The molecule has 0 saturated heterocycles. The van der Waals surface area contributed by atoms with Crippen LogP contribution < -0.4 is 5.73 Å². The van der Waals surface area contributed by atoms with Crippen molar-refractivity contribution in [2.24, 2.45) is 11.1 Å². The van der Waals surface area contributed by atoms with Crippen molar-refractivity contribution in [3.63, 3.8) is 0 Å². The quantitative estimate of drug-likeness (QED) is 0.885. The van der Waals surface area contributed by atoms with Crippen LogP contribution in [0.2, 0.25) is 5.02 Å². The van der Waals surface area contributed by atoms with Crippen LogP contribution in [0.3, 0.4) is 0 Å². The SMILES string of the molecule is CC(C)(CO)[C@@H](N)c1cc(Cl)ccc1F.Cl. The Morgan fingerprint density at radius 1 is 1.50 bits per heavy atom. The first-order valence-corrected chi connectivity index (χ1v) is 5.07. The van der Waals surface area contributed by atoms with Crippen LogP contribution in [-0.4, -0.2) is 11.7 Å². The summed E-state index contributed by atoms with van der Waals surface area (Å²) in [5, 5.41) is 9.59. The maximum atomic E-state index is 13.5. The van der Waals surface area contributed by atoms with Crippen LogP contribution in [0.5, 0.6) is 0 Å². The highest BCUT2D eigenvalue weighted by Crippen LogP contribution is 2.33. The van der Waals surface area contributed by atoms with Gasteiger partial charge < -0.3 is 10.8 Å². The van der Waals surface area contributed by atoms with E-state index in [4.69, 9.17) is 22.4 Å². The number of rotatable bonds is 3. The molecule has 1 atom stereocenters. The lowest BCUT2D eigenvalue weighted by atomic mass is 9.81. The lowest BCUT2D eigenvalue weighted by Gasteiger charge is -2.30. The Kier molecular flexibility index (Phi) is 5.70. The molecule has 0 unspecified atom stereocenters. The summed E-state index contributed by atoms with van der Waals surface area (Å²) in [6, 6.07) is 3.67. The van der Waals surface area contributed by atoms with Crippen LogP contribution in [0, 0.1) is 11.2 Å². The fourth-order valence-electron chi connectivity index (χ4n) is 1.27. The third-order valence-electron chi connectivity index (χ3n) is 2.54. The monoisotopic (exact) mass is 267 g/mol. The van der Waals surface area contributed by atoms with Gasteiger partial charge in [0.1, 0.15) is 5.82 Å². The summed E-state index contributed by atoms with van der Waals surface area (Å²) in [6.45, 7) is 3.44. The number of aliphatic hydroxyl groups excluding tert-OH is 1. The zero-order valence-electron chi connectivity index (χ0n) is 9.21. The molecule has 3 N–H and O–H groups in total. The second-order valence-electron chi connectivity index (χ2n) is 4.29. The number of benzene rings is 1. The minimum absolute atomic E-state index is 0. The van der Waals surface area contributed by atoms with E-state index in [9.17, 15) is 4.39 Å². The average molecular weight is 268 g/mol. The molecule has 0 saturated carbocycles.